The number of rotatable bonds is 1. The molecule has 0 saturated carbocycles. The summed E-state index contributed by atoms with van der Waals surface area (Å²) >= 11 is 0. The van der Waals surface area contributed by atoms with Crippen molar-refractivity contribution >= 4 is 22.6 Å². The van der Waals surface area contributed by atoms with Crippen LogP contribution in [0.25, 0.3) is 10.9 Å². The first-order valence-electron chi connectivity index (χ1n) is 5.64. The summed E-state index contributed by atoms with van der Waals surface area (Å²) in [7, 11) is 0. The molecule has 3 N–H and O–H groups in total. The first kappa shape index (κ1) is 10.1. The number of carbonyl (C=O) groups is 2. The third-order valence-electron chi connectivity index (χ3n) is 3.30. The number of benzene rings is 1. The van der Waals surface area contributed by atoms with Crippen molar-refractivity contribution in [2.45, 2.75) is 19.3 Å². The molecule has 4 nitrogen and oxygen atoms in total. The van der Waals surface area contributed by atoms with E-state index in [1.807, 2.05) is 0 Å². The smallest absolute Gasteiger partial charge is 0.248 e. The fourth-order valence-corrected chi connectivity index (χ4v) is 2.45. The number of hydrogen-bond donors (Lipinski definition) is 2. The molecule has 0 radical (unpaired) electrons. The molecule has 3 rings (SSSR count). The van der Waals surface area contributed by atoms with Crippen LogP contribution in [0.5, 0.6) is 0 Å². The molecule has 1 aromatic heterocycles. The molecule has 1 aliphatic rings. The number of aromatic nitrogens is 1. The average Bonchev–Trinajstić information content (AvgIpc) is 2.68. The van der Waals surface area contributed by atoms with E-state index in [0.717, 1.165) is 29.3 Å². The number of carbonyl (C=O) groups excluding carboxylic acids is 2. The van der Waals surface area contributed by atoms with Crippen LogP contribution in [0.4, 0.5) is 0 Å². The predicted octanol–water partition coefficient (Wildman–Crippen LogP) is 1.79. The van der Waals surface area contributed by atoms with Crippen LogP contribution in [0.2, 0.25) is 0 Å². The average molecular weight is 228 g/mol. The first-order valence-corrected chi connectivity index (χ1v) is 5.64. The van der Waals surface area contributed by atoms with E-state index in [-0.39, 0.29) is 5.78 Å². The predicted molar refractivity (Wildman–Crippen MR) is 64.1 cm³/mol. The van der Waals surface area contributed by atoms with Crippen LogP contribution in [-0.2, 0) is 6.42 Å². The standard InChI is InChI=1S/C13H12N2O2/c14-13(17)7-4-5-10-9(6-7)8-2-1-3-11(16)12(8)15-10/h4-6,15H,1-3H2,(H2,14,17). The molecule has 0 fully saturated rings. The molecule has 17 heavy (non-hydrogen) atoms. The van der Waals surface area contributed by atoms with Gasteiger partial charge in [0.25, 0.3) is 0 Å². The molecule has 0 aliphatic heterocycles. The zero-order valence-electron chi connectivity index (χ0n) is 9.25. The molecule has 0 bridgehead atoms. The largest absolute Gasteiger partial charge is 0.366 e. The maximum atomic E-state index is 11.8. The van der Waals surface area contributed by atoms with E-state index in [1.165, 1.54) is 0 Å². The van der Waals surface area contributed by atoms with Crippen molar-refractivity contribution in [3.05, 3.63) is 35.0 Å². The fraction of sp³-hybridized carbons (Fsp3) is 0.231. The molecule has 1 amide bonds. The van der Waals surface area contributed by atoms with Crippen LogP contribution in [0.1, 0.15) is 39.3 Å². The number of amides is 1. The highest BCUT2D eigenvalue weighted by Gasteiger charge is 2.22. The van der Waals surface area contributed by atoms with Gasteiger partial charge in [0.1, 0.15) is 0 Å². The Morgan fingerprint density at radius 3 is 2.88 bits per heavy atom. The van der Waals surface area contributed by atoms with Gasteiger partial charge in [0.15, 0.2) is 5.78 Å². The number of aryl methyl sites for hydroxylation is 1. The number of fused-ring (bicyclic) bond motifs is 3. The van der Waals surface area contributed by atoms with Gasteiger partial charge in [-0.3, -0.25) is 9.59 Å². The van der Waals surface area contributed by atoms with Gasteiger partial charge in [-0.05, 0) is 36.6 Å². The number of nitrogens with one attached hydrogen (secondary N) is 1. The van der Waals surface area contributed by atoms with Gasteiger partial charge in [0.2, 0.25) is 5.91 Å². The minimum atomic E-state index is -0.441. The Morgan fingerprint density at radius 1 is 1.29 bits per heavy atom. The summed E-state index contributed by atoms with van der Waals surface area (Å²) in [5.41, 5.74) is 8.37. The highest BCUT2D eigenvalue weighted by atomic mass is 16.1. The molecule has 0 atom stereocenters. The molecular formula is C13H12N2O2. The second-order valence-electron chi connectivity index (χ2n) is 4.38. The summed E-state index contributed by atoms with van der Waals surface area (Å²) in [6.45, 7) is 0. The molecule has 2 aromatic rings. The van der Waals surface area contributed by atoms with E-state index < -0.39 is 5.91 Å². The third kappa shape index (κ3) is 1.45. The maximum Gasteiger partial charge on any atom is 0.248 e. The van der Waals surface area contributed by atoms with Gasteiger partial charge >= 0.3 is 0 Å². The summed E-state index contributed by atoms with van der Waals surface area (Å²) in [5.74, 6) is -0.285. The molecule has 0 saturated heterocycles. The fourth-order valence-electron chi connectivity index (χ4n) is 2.45. The molecule has 1 aromatic carbocycles. The summed E-state index contributed by atoms with van der Waals surface area (Å²) in [6, 6.07) is 5.25. The van der Waals surface area contributed by atoms with Gasteiger partial charge in [-0.25, -0.2) is 0 Å². The summed E-state index contributed by atoms with van der Waals surface area (Å²) < 4.78 is 0. The van der Waals surface area contributed by atoms with Crippen molar-refractivity contribution in [1.82, 2.24) is 4.98 Å². The Morgan fingerprint density at radius 2 is 2.12 bits per heavy atom. The Balaban J connectivity index is 2.29. The number of primary amides is 1. The normalized spacial score (nSPS) is 14.9. The van der Waals surface area contributed by atoms with E-state index in [9.17, 15) is 9.59 Å². The molecule has 0 unspecified atom stereocenters. The second kappa shape index (κ2) is 3.45. The van der Waals surface area contributed by atoms with Crippen molar-refractivity contribution < 1.29 is 9.59 Å². The highest BCUT2D eigenvalue weighted by molar-refractivity contribution is 6.05. The van der Waals surface area contributed by atoms with Gasteiger partial charge < -0.3 is 10.7 Å². The van der Waals surface area contributed by atoms with Gasteiger partial charge in [0.05, 0.1) is 5.69 Å². The van der Waals surface area contributed by atoms with Crippen molar-refractivity contribution in [2.24, 2.45) is 5.73 Å². The summed E-state index contributed by atoms with van der Waals surface area (Å²) in [4.78, 5) is 26.0. The number of Topliss-reactive ketones (excluding diaryl/α,β-unsaturated/α-hetero) is 1. The molecular weight excluding hydrogens is 216 g/mol. The lowest BCUT2D eigenvalue weighted by Crippen LogP contribution is -2.11. The monoisotopic (exact) mass is 228 g/mol. The molecule has 0 spiro atoms. The lowest BCUT2D eigenvalue weighted by Gasteiger charge is -2.09. The van der Waals surface area contributed by atoms with Crippen LogP contribution >= 0.6 is 0 Å². The number of aromatic amines is 1. The maximum absolute atomic E-state index is 11.8. The lowest BCUT2D eigenvalue weighted by atomic mass is 9.94. The van der Waals surface area contributed by atoms with Crippen LogP contribution in [-0.4, -0.2) is 16.7 Å². The zero-order chi connectivity index (χ0) is 12.0. The van der Waals surface area contributed by atoms with E-state index in [2.05, 4.69) is 4.98 Å². The zero-order valence-corrected chi connectivity index (χ0v) is 9.25. The second-order valence-corrected chi connectivity index (χ2v) is 4.38. The van der Waals surface area contributed by atoms with Crippen LogP contribution < -0.4 is 5.73 Å². The minimum Gasteiger partial charge on any atom is -0.366 e. The number of hydrogen-bond acceptors (Lipinski definition) is 2. The number of H-pyrrole nitrogens is 1. The molecule has 1 aliphatic carbocycles. The first-order chi connectivity index (χ1) is 8.16. The van der Waals surface area contributed by atoms with Crippen LogP contribution in [0.15, 0.2) is 18.2 Å². The van der Waals surface area contributed by atoms with E-state index in [1.54, 1.807) is 18.2 Å². The Hall–Kier alpha value is -2.10. The molecule has 4 heteroatoms. The Labute approximate surface area is 97.8 Å². The van der Waals surface area contributed by atoms with Crippen LogP contribution in [0, 0.1) is 0 Å². The Bertz CT molecular complexity index is 640. The Kier molecular flexibility index (Phi) is 2.04. The van der Waals surface area contributed by atoms with Gasteiger partial charge in [0, 0.05) is 22.9 Å². The van der Waals surface area contributed by atoms with Crippen molar-refractivity contribution in [3.63, 3.8) is 0 Å². The van der Waals surface area contributed by atoms with Crippen molar-refractivity contribution in [1.29, 1.82) is 0 Å². The quantitative estimate of drug-likeness (QED) is 0.780. The van der Waals surface area contributed by atoms with E-state index in [0.29, 0.717) is 17.7 Å². The summed E-state index contributed by atoms with van der Waals surface area (Å²) in [6.07, 6.45) is 2.35. The van der Waals surface area contributed by atoms with Gasteiger partial charge in [-0.15, -0.1) is 0 Å². The van der Waals surface area contributed by atoms with Crippen molar-refractivity contribution in [2.75, 3.05) is 0 Å². The van der Waals surface area contributed by atoms with Crippen molar-refractivity contribution in [3.8, 4) is 0 Å². The molecule has 86 valence electrons. The van der Waals surface area contributed by atoms with E-state index in [4.69, 9.17) is 5.73 Å². The lowest BCUT2D eigenvalue weighted by molar-refractivity contribution is 0.0966. The van der Waals surface area contributed by atoms with Gasteiger partial charge in [-0.1, -0.05) is 0 Å². The van der Waals surface area contributed by atoms with Gasteiger partial charge in [-0.2, -0.15) is 0 Å². The summed E-state index contributed by atoms with van der Waals surface area (Å²) in [5, 5.41) is 0.948. The topological polar surface area (TPSA) is 76.0 Å². The van der Waals surface area contributed by atoms with E-state index >= 15 is 0 Å². The molecule has 1 heterocycles. The highest BCUT2D eigenvalue weighted by Crippen LogP contribution is 2.29. The number of ketones is 1. The number of nitrogens with two attached hydrogens (primary N) is 1. The SMILES string of the molecule is NC(=O)c1ccc2[nH]c3c(c2c1)CCCC3=O. The minimum absolute atomic E-state index is 0.156. The van der Waals surface area contributed by atoms with Crippen LogP contribution in [0.3, 0.4) is 0 Å². The third-order valence-corrected chi connectivity index (χ3v) is 3.30.